The normalized spacial score (nSPS) is 20.8. The standard InChI is InChI=1S/C69H54ClN3O17S2/c70-48-37-22-38-51-52(48)71-69(92-51)73-68(91)72-59-57(88-65(79)46-33-18-6-19-34-46)55(86-63(77)44-29-14-4-15-30-44)54(49(83-59)39-81-60(74)41-23-8-1-9-24-41)90-67-58(89-66(80)47-35-20-7-21-36-47)56(87-64(78)45-31-16-5-17-32-45)53(85-62(76)43-27-12-3-13-28-43)50(84-67)40-82-61(75)42-25-10-2-11-26-42/h1-38,49-50,53-59,67H,39-40H2,(H2,71,72,73,91)/t49-,50-,53-,54-,55+,56+,57-,58-,59-,67-/m1/s1. The molecular formula is C69H54ClN3O17S2. The van der Waals surface area contributed by atoms with E-state index < -0.39 is 116 Å². The van der Waals surface area contributed by atoms with Gasteiger partial charge in [-0.3, -0.25) is 0 Å². The maximum Gasteiger partial charge on any atom is 0.338 e. The van der Waals surface area contributed by atoms with Crippen molar-refractivity contribution < 1.29 is 80.9 Å². The van der Waals surface area contributed by atoms with Gasteiger partial charge in [0.2, 0.25) is 0 Å². The van der Waals surface area contributed by atoms with Crippen LogP contribution in [0.5, 0.6) is 0 Å². The lowest BCUT2D eigenvalue weighted by atomic mass is 9.95. The number of fused-ring (bicyclic) bond motifs is 1. The van der Waals surface area contributed by atoms with E-state index in [-0.39, 0.29) is 49.2 Å². The van der Waals surface area contributed by atoms with Crippen LogP contribution in [0, 0.1) is 0 Å². The highest BCUT2D eigenvalue weighted by molar-refractivity contribution is 7.80. The summed E-state index contributed by atoms with van der Waals surface area (Å²) in [6.07, 6.45) is -18.5. The van der Waals surface area contributed by atoms with Crippen LogP contribution in [0.2, 0.25) is 5.02 Å². The summed E-state index contributed by atoms with van der Waals surface area (Å²) < 4.78 is 65.4. The van der Waals surface area contributed by atoms with Gasteiger partial charge in [0.25, 0.3) is 0 Å². The van der Waals surface area contributed by atoms with E-state index in [0.29, 0.717) is 15.2 Å². The number of hydrogen-bond donors (Lipinski definition) is 2. The van der Waals surface area contributed by atoms with Crippen molar-refractivity contribution in [2.24, 2.45) is 0 Å². The molecule has 0 amide bonds. The van der Waals surface area contributed by atoms with Crippen LogP contribution in [0.3, 0.4) is 0 Å². The predicted octanol–water partition coefficient (Wildman–Crippen LogP) is 10.9. The van der Waals surface area contributed by atoms with E-state index in [4.69, 9.17) is 71.2 Å². The zero-order valence-electron chi connectivity index (χ0n) is 48.2. The Bertz CT molecular complexity index is 4050. The first-order valence-electron chi connectivity index (χ1n) is 28.7. The summed E-state index contributed by atoms with van der Waals surface area (Å²) in [5, 5.41) is 6.58. The van der Waals surface area contributed by atoms with Crippen molar-refractivity contribution in [1.29, 1.82) is 0 Å². The van der Waals surface area contributed by atoms with Crippen molar-refractivity contribution in [3.05, 3.63) is 274 Å². The minimum absolute atomic E-state index is 0.000366. The van der Waals surface area contributed by atoms with E-state index in [9.17, 15) is 33.6 Å². The highest BCUT2D eigenvalue weighted by Crippen LogP contribution is 2.38. The minimum Gasteiger partial charge on any atom is -0.459 e. The van der Waals surface area contributed by atoms with Crippen LogP contribution >= 0.6 is 35.2 Å². The first-order valence-corrected chi connectivity index (χ1v) is 30.3. The maximum absolute atomic E-state index is 14.9. The molecule has 2 aliphatic rings. The number of carbonyl (C=O) groups excluding carboxylic acids is 7. The highest BCUT2D eigenvalue weighted by Gasteiger charge is 2.58. The van der Waals surface area contributed by atoms with Gasteiger partial charge >= 0.3 is 41.8 Å². The second-order valence-electron chi connectivity index (χ2n) is 20.6. The molecular weight excluding hydrogens is 1240 g/mol. The smallest absolute Gasteiger partial charge is 0.338 e. The number of nitrogens with zero attached hydrogens (tertiary/aromatic N) is 1. The number of thiocarbonyl (C=S) groups is 1. The third-order valence-corrected chi connectivity index (χ3v) is 15.9. The van der Waals surface area contributed by atoms with Gasteiger partial charge in [-0.2, -0.15) is 0 Å². The average molecular weight is 1300 g/mol. The number of carbonyl (C=O) groups is 7. The van der Waals surface area contributed by atoms with Gasteiger partial charge in [-0.25, -0.2) is 38.5 Å². The summed E-state index contributed by atoms with van der Waals surface area (Å²) in [6, 6.07) is 59.9. The fraction of sp³-hybridized carbons (Fsp3) is 0.174. The van der Waals surface area contributed by atoms with E-state index in [1.807, 2.05) is 6.07 Å². The summed E-state index contributed by atoms with van der Waals surface area (Å²) >= 11 is 13.6. The molecule has 0 aliphatic carbocycles. The van der Waals surface area contributed by atoms with Crippen molar-refractivity contribution in [1.82, 2.24) is 10.3 Å². The molecule has 8 aromatic carbocycles. The Morgan fingerprint density at radius 2 is 0.761 bits per heavy atom. The molecule has 0 unspecified atom stereocenters. The van der Waals surface area contributed by atoms with Crippen molar-refractivity contribution in [2.45, 2.75) is 61.3 Å². The third-order valence-electron chi connectivity index (χ3n) is 14.4. The predicted molar refractivity (Wildman–Crippen MR) is 338 cm³/mol. The molecule has 1 aromatic heterocycles. The number of anilines is 1. The summed E-state index contributed by atoms with van der Waals surface area (Å²) in [5.74, 6) is -6.68. The van der Waals surface area contributed by atoms with E-state index in [1.54, 1.807) is 140 Å². The maximum atomic E-state index is 14.9. The van der Waals surface area contributed by atoms with Crippen molar-refractivity contribution in [3.63, 3.8) is 0 Å². The number of aromatic nitrogens is 1. The molecule has 23 heteroatoms. The number of para-hydroxylation sites is 1. The lowest BCUT2D eigenvalue weighted by Crippen LogP contribution is -2.69. The fourth-order valence-electron chi connectivity index (χ4n) is 9.96. The van der Waals surface area contributed by atoms with Crippen molar-refractivity contribution >= 4 is 97.4 Å². The zero-order chi connectivity index (χ0) is 63.9. The Morgan fingerprint density at radius 3 is 1.16 bits per heavy atom. The van der Waals surface area contributed by atoms with Crippen molar-refractivity contribution in [3.8, 4) is 0 Å². The molecule has 0 radical (unpaired) electrons. The number of rotatable bonds is 20. The Morgan fingerprint density at radius 1 is 0.413 bits per heavy atom. The summed E-state index contributed by atoms with van der Waals surface area (Å²) in [6.45, 7) is -1.51. The number of nitrogens with one attached hydrogen (secondary N) is 2. The number of hydrogen-bond acceptors (Lipinski definition) is 20. The summed E-state index contributed by atoms with van der Waals surface area (Å²) in [7, 11) is 0. The Balaban J connectivity index is 1.06. The minimum atomic E-state index is -2.11. The third kappa shape index (κ3) is 15.7. The zero-order valence-corrected chi connectivity index (χ0v) is 50.6. The molecule has 9 aromatic rings. The molecule has 3 heterocycles. The number of esters is 7. The molecule has 2 N–H and O–H groups in total. The SMILES string of the molecule is O=C(OC[C@H]1O[C@@H](NC(=S)Nc2nc3c(Cl)cccc3s2)[C@H](OC(=O)c2ccccc2)[C@@H](OC(=O)c2ccccc2)[C@@H]1O[C@H]1O[C@H](COC(=O)c2ccccc2)[C@@H](OC(=O)c2ccccc2)[C@H](OC(=O)c2ccccc2)[C@H]1OC(=O)c1ccccc1)c1ccccc1. The molecule has 0 saturated carbocycles. The number of halogens is 1. The van der Waals surface area contributed by atoms with Crippen LogP contribution < -0.4 is 10.6 Å². The second-order valence-corrected chi connectivity index (χ2v) is 22.4. The number of ether oxygens (including phenoxy) is 10. The van der Waals surface area contributed by atoms with Gasteiger partial charge < -0.3 is 58.0 Å². The van der Waals surface area contributed by atoms with Gasteiger partial charge in [-0.15, -0.1) is 0 Å². The lowest BCUT2D eigenvalue weighted by molar-refractivity contribution is -0.339. The Hall–Kier alpha value is -10.2. The Labute approximate surface area is 540 Å². The fourth-order valence-corrected chi connectivity index (χ4v) is 11.4. The van der Waals surface area contributed by atoms with E-state index in [1.165, 1.54) is 96.3 Å². The van der Waals surface area contributed by atoms with E-state index in [0.717, 1.165) is 0 Å². The largest absolute Gasteiger partial charge is 0.459 e. The monoisotopic (exact) mass is 1300 g/mol. The molecule has 2 saturated heterocycles. The first kappa shape index (κ1) is 63.4. The summed E-state index contributed by atoms with van der Waals surface area (Å²) in [4.78, 5) is 106. The van der Waals surface area contributed by atoms with Gasteiger partial charge in [0.1, 0.15) is 37.0 Å². The van der Waals surface area contributed by atoms with Crippen molar-refractivity contribution in [2.75, 3.05) is 18.5 Å². The van der Waals surface area contributed by atoms with Crippen LogP contribution in [0.1, 0.15) is 72.5 Å². The van der Waals surface area contributed by atoms with Crippen LogP contribution in [0.4, 0.5) is 5.13 Å². The molecule has 92 heavy (non-hydrogen) atoms. The van der Waals surface area contributed by atoms with Gasteiger partial charge in [0.05, 0.1) is 48.7 Å². The average Bonchev–Trinajstić information content (AvgIpc) is 1.04. The first-order chi connectivity index (χ1) is 44.8. The number of benzene rings is 8. The molecule has 20 nitrogen and oxygen atoms in total. The number of thiazole rings is 1. The molecule has 2 aliphatic heterocycles. The van der Waals surface area contributed by atoms with Crippen LogP contribution in [0.25, 0.3) is 10.2 Å². The van der Waals surface area contributed by atoms with Gasteiger partial charge in [-0.05, 0) is 109 Å². The van der Waals surface area contributed by atoms with Gasteiger partial charge in [0.15, 0.2) is 53.3 Å². The molecule has 466 valence electrons. The molecule has 2 fully saturated rings. The molecule has 0 spiro atoms. The van der Waals surface area contributed by atoms with Crippen LogP contribution in [-0.4, -0.2) is 126 Å². The highest BCUT2D eigenvalue weighted by atomic mass is 35.5. The van der Waals surface area contributed by atoms with Crippen LogP contribution in [0.15, 0.2) is 231 Å². The molecule has 11 rings (SSSR count). The molecule has 0 bridgehead atoms. The van der Waals surface area contributed by atoms with E-state index in [2.05, 4.69) is 15.6 Å². The second kappa shape index (κ2) is 30.1. The van der Waals surface area contributed by atoms with Gasteiger partial charge in [-0.1, -0.05) is 156 Å². The quantitative estimate of drug-likeness (QED) is 0.0409. The topological polar surface area (TPSA) is 249 Å². The Kier molecular flexibility index (Phi) is 20.7. The van der Waals surface area contributed by atoms with Gasteiger partial charge in [0, 0.05) is 0 Å². The summed E-state index contributed by atoms with van der Waals surface area (Å²) in [5.41, 5.74) is 0.780. The van der Waals surface area contributed by atoms with Crippen LogP contribution in [-0.2, 0) is 47.4 Å². The van der Waals surface area contributed by atoms with E-state index >= 15 is 0 Å². The lowest BCUT2D eigenvalue weighted by Gasteiger charge is -2.49. The molecule has 10 atom stereocenters.